The third-order valence-electron chi connectivity index (χ3n) is 5.30. The normalized spacial score (nSPS) is 13.7. The van der Waals surface area contributed by atoms with Crippen LogP contribution >= 0.6 is 11.6 Å². The highest BCUT2D eigenvalue weighted by Crippen LogP contribution is 2.35. The van der Waals surface area contributed by atoms with Gasteiger partial charge in [0.15, 0.2) is 5.65 Å². The van der Waals surface area contributed by atoms with E-state index in [2.05, 4.69) is 22.5 Å². The van der Waals surface area contributed by atoms with Gasteiger partial charge in [-0.2, -0.15) is 5.10 Å². The predicted octanol–water partition coefficient (Wildman–Crippen LogP) is 5.30. The van der Waals surface area contributed by atoms with Crippen molar-refractivity contribution in [1.29, 1.82) is 0 Å². The summed E-state index contributed by atoms with van der Waals surface area (Å²) in [4.78, 5) is 9.41. The van der Waals surface area contributed by atoms with Crippen molar-refractivity contribution in [3.05, 3.63) is 70.8 Å². The van der Waals surface area contributed by atoms with Gasteiger partial charge in [0, 0.05) is 39.8 Å². The highest BCUT2D eigenvalue weighted by atomic mass is 35.5. The number of aryl methyl sites for hydroxylation is 2. The first-order valence-corrected chi connectivity index (χ1v) is 9.67. The van der Waals surface area contributed by atoms with E-state index in [0.717, 1.165) is 51.6 Å². The molecule has 27 heavy (non-hydrogen) atoms. The van der Waals surface area contributed by atoms with Crippen molar-refractivity contribution < 1.29 is 0 Å². The van der Waals surface area contributed by atoms with E-state index in [9.17, 15) is 0 Å². The van der Waals surface area contributed by atoms with Crippen LogP contribution in [0.25, 0.3) is 28.0 Å². The third kappa shape index (κ3) is 2.72. The molecule has 0 N–H and O–H groups in total. The average Bonchev–Trinajstić information content (AvgIpc) is 3.05. The van der Waals surface area contributed by atoms with Crippen molar-refractivity contribution in [2.75, 3.05) is 0 Å². The number of hydrogen-bond donors (Lipinski definition) is 0. The molecule has 134 valence electrons. The second-order valence-electron chi connectivity index (χ2n) is 7.04. The molecule has 0 bridgehead atoms. The Morgan fingerprint density at radius 2 is 1.81 bits per heavy atom. The quantitative estimate of drug-likeness (QED) is 0.478. The maximum atomic E-state index is 6.09. The zero-order valence-electron chi connectivity index (χ0n) is 15.1. The Morgan fingerprint density at radius 1 is 1.00 bits per heavy atom. The Morgan fingerprint density at radius 3 is 2.59 bits per heavy atom. The molecule has 1 aromatic carbocycles. The molecule has 0 amide bonds. The van der Waals surface area contributed by atoms with Gasteiger partial charge in [0.1, 0.15) is 0 Å². The van der Waals surface area contributed by atoms with Gasteiger partial charge in [-0.3, -0.25) is 4.98 Å². The predicted molar refractivity (Wildman–Crippen MR) is 108 cm³/mol. The van der Waals surface area contributed by atoms with E-state index in [1.807, 2.05) is 36.5 Å². The molecular formula is C22H19ClN4. The van der Waals surface area contributed by atoms with Crippen molar-refractivity contribution in [2.24, 2.45) is 0 Å². The smallest absolute Gasteiger partial charge is 0.164 e. The average molecular weight is 375 g/mol. The molecule has 4 nitrogen and oxygen atoms in total. The SMILES string of the molecule is Cc1nn2c3c(c(-c4cccnc4)nc2c1-c1ccc(Cl)cc1)CCCC3. The summed E-state index contributed by atoms with van der Waals surface area (Å²) in [5.74, 6) is 0. The fraction of sp³-hybridized carbons (Fsp3) is 0.227. The molecule has 0 fully saturated rings. The van der Waals surface area contributed by atoms with Gasteiger partial charge in [-0.1, -0.05) is 23.7 Å². The van der Waals surface area contributed by atoms with Crippen LogP contribution < -0.4 is 0 Å². The van der Waals surface area contributed by atoms with Crippen LogP contribution in [-0.4, -0.2) is 19.6 Å². The molecule has 3 heterocycles. The summed E-state index contributed by atoms with van der Waals surface area (Å²) in [6.45, 7) is 2.05. The van der Waals surface area contributed by atoms with Crippen LogP contribution in [0.4, 0.5) is 0 Å². The molecule has 0 saturated heterocycles. The lowest BCUT2D eigenvalue weighted by atomic mass is 9.92. The summed E-state index contributed by atoms with van der Waals surface area (Å²) in [5.41, 5.74) is 8.77. The van der Waals surface area contributed by atoms with E-state index < -0.39 is 0 Å². The molecule has 0 radical (unpaired) electrons. The molecule has 3 aromatic heterocycles. The van der Waals surface area contributed by atoms with Crippen molar-refractivity contribution in [1.82, 2.24) is 19.6 Å². The van der Waals surface area contributed by atoms with Crippen molar-refractivity contribution in [3.63, 3.8) is 0 Å². The highest BCUT2D eigenvalue weighted by Gasteiger charge is 2.23. The number of fused-ring (bicyclic) bond motifs is 3. The Hall–Kier alpha value is -2.72. The molecule has 5 heteroatoms. The first-order chi connectivity index (χ1) is 13.2. The minimum atomic E-state index is 0.731. The second-order valence-corrected chi connectivity index (χ2v) is 7.47. The number of pyridine rings is 1. The van der Waals surface area contributed by atoms with Gasteiger partial charge in [-0.25, -0.2) is 9.50 Å². The Bertz CT molecular complexity index is 1130. The van der Waals surface area contributed by atoms with Crippen LogP contribution in [0.3, 0.4) is 0 Å². The lowest BCUT2D eigenvalue weighted by Gasteiger charge is -2.20. The Labute approximate surface area is 162 Å². The van der Waals surface area contributed by atoms with Crippen LogP contribution in [-0.2, 0) is 12.8 Å². The summed E-state index contributed by atoms with van der Waals surface area (Å²) < 4.78 is 2.06. The van der Waals surface area contributed by atoms with Crippen LogP contribution in [0.5, 0.6) is 0 Å². The summed E-state index contributed by atoms with van der Waals surface area (Å²) in [5, 5.41) is 5.60. The first-order valence-electron chi connectivity index (χ1n) is 9.30. The maximum Gasteiger partial charge on any atom is 0.164 e. The number of hydrogen-bond acceptors (Lipinski definition) is 3. The Balaban J connectivity index is 1.84. The van der Waals surface area contributed by atoms with Crippen LogP contribution in [0.15, 0.2) is 48.8 Å². The second kappa shape index (κ2) is 6.46. The lowest BCUT2D eigenvalue weighted by Crippen LogP contribution is -2.13. The van der Waals surface area contributed by atoms with Crippen LogP contribution in [0.1, 0.15) is 29.8 Å². The number of halogens is 1. The fourth-order valence-electron chi connectivity index (χ4n) is 4.05. The van der Waals surface area contributed by atoms with E-state index in [0.29, 0.717) is 0 Å². The summed E-state index contributed by atoms with van der Waals surface area (Å²) in [6, 6.07) is 12.0. The van der Waals surface area contributed by atoms with Gasteiger partial charge in [0.25, 0.3) is 0 Å². The third-order valence-corrected chi connectivity index (χ3v) is 5.55. The van der Waals surface area contributed by atoms with Gasteiger partial charge >= 0.3 is 0 Å². The van der Waals surface area contributed by atoms with Gasteiger partial charge in [0.05, 0.1) is 11.4 Å². The topological polar surface area (TPSA) is 43.1 Å². The van der Waals surface area contributed by atoms with Gasteiger partial charge < -0.3 is 0 Å². The number of rotatable bonds is 2. The van der Waals surface area contributed by atoms with Gasteiger partial charge in [-0.15, -0.1) is 0 Å². The van der Waals surface area contributed by atoms with Crippen LogP contribution in [0.2, 0.25) is 5.02 Å². The van der Waals surface area contributed by atoms with Gasteiger partial charge in [-0.05, 0) is 62.4 Å². The first kappa shape index (κ1) is 16.5. The van der Waals surface area contributed by atoms with E-state index in [1.165, 1.54) is 24.1 Å². The van der Waals surface area contributed by atoms with Gasteiger partial charge in [0.2, 0.25) is 0 Å². The number of nitrogens with zero attached hydrogens (tertiary/aromatic N) is 4. The molecular weight excluding hydrogens is 356 g/mol. The Kier molecular flexibility index (Phi) is 3.94. The van der Waals surface area contributed by atoms with Crippen molar-refractivity contribution in [3.8, 4) is 22.4 Å². The maximum absolute atomic E-state index is 6.09. The largest absolute Gasteiger partial charge is 0.264 e. The lowest BCUT2D eigenvalue weighted by molar-refractivity contribution is 0.641. The zero-order valence-corrected chi connectivity index (χ0v) is 15.9. The van der Waals surface area contributed by atoms with E-state index in [-0.39, 0.29) is 0 Å². The van der Waals surface area contributed by atoms with E-state index in [4.69, 9.17) is 21.7 Å². The molecule has 0 atom stereocenters. The standard InChI is InChI=1S/C22H19ClN4/c1-14-20(15-8-10-17(23)11-9-15)22-25-21(16-5-4-12-24-13-16)18-6-2-3-7-19(18)27(22)26-14/h4-5,8-13H,2-3,6-7H2,1H3. The molecule has 0 unspecified atom stereocenters. The zero-order chi connectivity index (χ0) is 18.4. The molecule has 0 saturated carbocycles. The molecule has 0 spiro atoms. The molecule has 0 aliphatic heterocycles. The monoisotopic (exact) mass is 374 g/mol. The molecule has 5 rings (SSSR count). The summed E-state index contributed by atoms with van der Waals surface area (Å²) in [6.07, 6.45) is 8.15. The number of aromatic nitrogens is 4. The van der Waals surface area contributed by atoms with E-state index >= 15 is 0 Å². The fourth-order valence-corrected chi connectivity index (χ4v) is 4.18. The number of benzene rings is 1. The highest BCUT2D eigenvalue weighted by molar-refractivity contribution is 6.30. The van der Waals surface area contributed by atoms with Crippen molar-refractivity contribution in [2.45, 2.75) is 32.6 Å². The summed E-state index contributed by atoms with van der Waals surface area (Å²) >= 11 is 6.09. The van der Waals surface area contributed by atoms with E-state index in [1.54, 1.807) is 6.20 Å². The molecule has 1 aliphatic rings. The molecule has 4 aromatic rings. The van der Waals surface area contributed by atoms with Crippen molar-refractivity contribution >= 4 is 17.2 Å². The van der Waals surface area contributed by atoms with Crippen LogP contribution in [0, 0.1) is 6.92 Å². The molecule has 1 aliphatic carbocycles. The summed E-state index contributed by atoms with van der Waals surface area (Å²) in [7, 11) is 0. The minimum absolute atomic E-state index is 0.731. The minimum Gasteiger partial charge on any atom is -0.264 e.